The van der Waals surface area contributed by atoms with Gasteiger partial charge in [0.1, 0.15) is 0 Å². The normalized spacial score (nSPS) is 25.4. The maximum Gasteiger partial charge on any atom is 0.306 e. The van der Waals surface area contributed by atoms with E-state index in [2.05, 4.69) is 31.2 Å². The zero-order valence-electron chi connectivity index (χ0n) is 8.94. The van der Waals surface area contributed by atoms with Gasteiger partial charge in [-0.15, -0.1) is 0 Å². The highest BCUT2D eigenvalue weighted by Crippen LogP contribution is 2.38. The van der Waals surface area contributed by atoms with Crippen molar-refractivity contribution in [1.29, 1.82) is 0 Å². The summed E-state index contributed by atoms with van der Waals surface area (Å²) in [6, 6.07) is 8.42. The molecule has 0 aliphatic heterocycles. The third kappa shape index (κ3) is 2.20. The first kappa shape index (κ1) is 10.2. The van der Waals surface area contributed by atoms with Crippen LogP contribution < -0.4 is 0 Å². The Balaban J connectivity index is 2.11. The molecule has 2 rings (SSSR count). The first-order valence-electron chi connectivity index (χ1n) is 5.46. The lowest BCUT2D eigenvalue weighted by Crippen LogP contribution is -2.09. The van der Waals surface area contributed by atoms with E-state index >= 15 is 0 Å². The van der Waals surface area contributed by atoms with Crippen molar-refractivity contribution in [3.05, 3.63) is 35.4 Å². The molecule has 15 heavy (non-hydrogen) atoms. The van der Waals surface area contributed by atoms with Crippen LogP contribution in [0.5, 0.6) is 0 Å². The van der Waals surface area contributed by atoms with Crippen LogP contribution in [0.2, 0.25) is 0 Å². The summed E-state index contributed by atoms with van der Waals surface area (Å²) < 4.78 is 0. The summed E-state index contributed by atoms with van der Waals surface area (Å²) in [5.74, 6) is -0.313. The molecule has 0 aromatic heterocycles. The first-order valence-corrected chi connectivity index (χ1v) is 5.46. The van der Waals surface area contributed by atoms with Gasteiger partial charge in [-0.1, -0.05) is 29.8 Å². The number of rotatable bonds is 2. The van der Waals surface area contributed by atoms with E-state index in [0.717, 1.165) is 19.3 Å². The van der Waals surface area contributed by atoms with Gasteiger partial charge in [0.15, 0.2) is 0 Å². The SMILES string of the molecule is Cc1cccc([C@H]2CC[C@@H](C(=O)O)C2)c1. The Bertz CT molecular complexity index is 371. The molecule has 1 fully saturated rings. The second-order valence-electron chi connectivity index (χ2n) is 4.46. The van der Waals surface area contributed by atoms with Crippen LogP contribution in [0.4, 0.5) is 0 Å². The maximum absolute atomic E-state index is 10.8. The molecule has 0 unspecified atom stereocenters. The van der Waals surface area contributed by atoms with Gasteiger partial charge in [-0.25, -0.2) is 0 Å². The summed E-state index contributed by atoms with van der Waals surface area (Å²) in [6.07, 6.45) is 2.65. The monoisotopic (exact) mass is 204 g/mol. The predicted molar refractivity (Wildman–Crippen MR) is 58.9 cm³/mol. The Morgan fingerprint density at radius 1 is 1.40 bits per heavy atom. The lowest BCUT2D eigenvalue weighted by molar-refractivity contribution is -0.141. The zero-order valence-corrected chi connectivity index (χ0v) is 8.94. The van der Waals surface area contributed by atoms with Crippen molar-refractivity contribution in [3.63, 3.8) is 0 Å². The molecule has 2 atom stereocenters. The summed E-state index contributed by atoms with van der Waals surface area (Å²) in [5.41, 5.74) is 2.56. The van der Waals surface area contributed by atoms with Gasteiger partial charge in [-0.3, -0.25) is 4.79 Å². The van der Waals surface area contributed by atoms with Crippen molar-refractivity contribution in [1.82, 2.24) is 0 Å². The van der Waals surface area contributed by atoms with Crippen LogP contribution in [0.3, 0.4) is 0 Å². The molecule has 1 aliphatic carbocycles. The summed E-state index contributed by atoms with van der Waals surface area (Å²) in [6.45, 7) is 2.08. The van der Waals surface area contributed by atoms with Crippen LogP contribution in [0.25, 0.3) is 0 Å². The highest BCUT2D eigenvalue weighted by atomic mass is 16.4. The summed E-state index contributed by atoms with van der Waals surface area (Å²) >= 11 is 0. The Kier molecular flexibility index (Phi) is 2.76. The van der Waals surface area contributed by atoms with E-state index in [4.69, 9.17) is 5.11 Å². The lowest BCUT2D eigenvalue weighted by Gasteiger charge is -2.10. The van der Waals surface area contributed by atoms with Gasteiger partial charge in [-0.2, -0.15) is 0 Å². The van der Waals surface area contributed by atoms with Gasteiger partial charge in [-0.05, 0) is 37.7 Å². The van der Waals surface area contributed by atoms with Crippen LogP contribution in [0.1, 0.15) is 36.3 Å². The molecule has 0 heterocycles. The number of carbonyl (C=O) groups is 1. The summed E-state index contributed by atoms with van der Waals surface area (Å²) in [7, 11) is 0. The van der Waals surface area contributed by atoms with Crippen LogP contribution in [0.15, 0.2) is 24.3 Å². The van der Waals surface area contributed by atoms with Crippen molar-refractivity contribution < 1.29 is 9.90 Å². The molecule has 0 radical (unpaired) electrons. The Hall–Kier alpha value is -1.31. The number of carboxylic acids is 1. The van der Waals surface area contributed by atoms with Gasteiger partial charge in [0.05, 0.1) is 5.92 Å². The first-order chi connectivity index (χ1) is 7.16. The standard InChI is InChI=1S/C13H16O2/c1-9-3-2-4-10(7-9)11-5-6-12(8-11)13(14)15/h2-4,7,11-12H,5-6,8H2,1H3,(H,14,15)/t11-,12+/m0/s1. The Labute approximate surface area is 89.9 Å². The molecule has 1 aliphatic rings. The molecule has 1 aromatic rings. The molecule has 1 N–H and O–H groups in total. The fourth-order valence-corrected chi connectivity index (χ4v) is 2.43. The topological polar surface area (TPSA) is 37.3 Å². The van der Waals surface area contributed by atoms with Crippen molar-refractivity contribution >= 4 is 5.97 Å². The summed E-state index contributed by atoms with van der Waals surface area (Å²) in [5, 5.41) is 8.93. The van der Waals surface area contributed by atoms with Gasteiger partial charge in [0, 0.05) is 0 Å². The molecule has 0 spiro atoms. The largest absolute Gasteiger partial charge is 0.481 e. The van der Waals surface area contributed by atoms with Gasteiger partial charge in [0.2, 0.25) is 0 Å². The van der Waals surface area contributed by atoms with E-state index in [9.17, 15) is 4.79 Å². The van der Waals surface area contributed by atoms with Crippen molar-refractivity contribution in [2.24, 2.45) is 5.92 Å². The molecule has 0 bridgehead atoms. The van der Waals surface area contributed by atoms with E-state index < -0.39 is 5.97 Å². The van der Waals surface area contributed by atoms with E-state index in [1.165, 1.54) is 11.1 Å². The summed E-state index contributed by atoms with van der Waals surface area (Å²) in [4.78, 5) is 10.8. The number of hydrogen-bond donors (Lipinski definition) is 1. The van der Waals surface area contributed by atoms with Crippen LogP contribution >= 0.6 is 0 Å². The average molecular weight is 204 g/mol. The molecule has 1 saturated carbocycles. The Morgan fingerprint density at radius 2 is 2.20 bits per heavy atom. The zero-order chi connectivity index (χ0) is 10.8. The molecule has 80 valence electrons. The van der Waals surface area contributed by atoms with Crippen molar-refractivity contribution in [2.45, 2.75) is 32.1 Å². The molecule has 2 heteroatoms. The fourth-order valence-electron chi connectivity index (χ4n) is 2.43. The van der Waals surface area contributed by atoms with Gasteiger partial charge < -0.3 is 5.11 Å². The van der Waals surface area contributed by atoms with E-state index in [-0.39, 0.29) is 5.92 Å². The fraction of sp³-hybridized carbons (Fsp3) is 0.462. The molecule has 0 saturated heterocycles. The molecular weight excluding hydrogens is 188 g/mol. The van der Waals surface area contributed by atoms with Crippen LogP contribution in [-0.2, 0) is 4.79 Å². The number of benzene rings is 1. The average Bonchev–Trinajstić information content (AvgIpc) is 2.66. The number of hydrogen-bond acceptors (Lipinski definition) is 1. The number of aryl methyl sites for hydroxylation is 1. The number of carboxylic acid groups (broad SMARTS) is 1. The van der Waals surface area contributed by atoms with E-state index in [1.807, 2.05) is 0 Å². The highest BCUT2D eigenvalue weighted by molar-refractivity contribution is 5.70. The molecule has 2 nitrogen and oxygen atoms in total. The predicted octanol–water partition coefficient (Wildman–Crippen LogP) is 2.96. The third-order valence-corrected chi connectivity index (χ3v) is 3.30. The Morgan fingerprint density at radius 3 is 2.80 bits per heavy atom. The van der Waals surface area contributed by atoms with E-state index in [1.54, 1.807) is 0 Å². The van der Waals surface area contributed by atoms with Crippen molar-refractivity contribution in [3.8, 4) is 0 Å². The smallest absolute Gasteiger partial charge is 0.306 e. The maximum atomic E-state index is 10.8. The minimum Gasteiger partial charge on any atom is -0.481 e. The minimum atomic E-state index is -0.634. The molecular formula is C13H16O2. The van der Waals surface area contributed by atoms with Gasteiger partial charge >= 0.3 is 5.97 Å². The van der Waals surface area contributed by atoms with E-state index in [0.29, 0.717) is 5.92 Å². The quantitative estimate of drug-likeness (QED) is 0.804. The highest BCUT2D eigenvalue weighted by Gasteiger charge is 2.30. The second-order valence-corrected chi connectivity index (χ2v) is 4.46. The van der Waals surface area contributed by atoms with Crippen LogP contribution in [-0.4, -0.2) is 11.1 Å². The second kappa shape index (κ2) is 4.05. The molecule has 1 aromatic carbocycles. The number of aliphatic carboxylic acids is 1. The lowest BCUT2D eigenvalue weighted by atomic mass is 9.95. The van der Waals surface area contributed by atoms with Crippen LogP contribution in [0, 0.1) is 12.8 Å². The minimum absolute atomic E-state index is 0.129. The third-order valence-electron chi connectivity index (χ3n) is 3.30. The van der Waals surface area contributed by atoms with Crippen molar-refractivity contribution in [2.75, 3.05) is 0 Å². The van der Waals surface area contributed by atoms with Gasteiger partial charge in [0.25, 0.3) is 0 Å². The molecule has 0 amide bonds.